The molecular formula is C20H23Cl2N5O4. The Hall–Kier alpha value is -2.62. The van der Waals surface area contributed by atoms with Crippen LogP contribution in [0, 0.1) is 0 Å². The van der Waals surface area contributed by atoms with Gasteiger partial charge in [0.25, 0.3) is 5.56 Å². The number of rotatable bonds is 5. The Labute approximate surface area is 188 Å². The van der Waals surface area contributed by atoms with Gasteiger partial charge in [-0.05, 0) is 37.6 Å². The van der Waals surface area contributed by atoms with E-state index in [4.69, 9.17) is 28.9 Å². The highest BCUT2D eigenvalue weighted by Crippen LogP contribution is 2.26. The Kier molecular flexibility index (Phi) is 6.88. The maximum atomic E-state index is 13.0. The van der Waals surface area contributed by atoms with Gasteiger partial charge in [0.05, 0.1) is 22.6 Å². The Balaban J connectivity index is 1.82. The van der Waals surface area contributed by atoms with Crippen molar-refractivity contribution in [2.75, 3.05) is 24.1 Å². The molecule has 0 spiro atoms. The second-order valence-corrected chi connectivity index (χ2v) is 8.30. The molecule has 1 fully saturated rings. The van der Waals surface area contributed by atoms with Gasteiger partial charge >= 0.3 is 5.69 Å². The molecule has 1 unspecified atom stereocenters. The summed E-state index contributed by atoms with van der Waals surface area (Å²) < 4.78 is 1.90. The molecule has 0 saturated carbocycles. The lowest BCUT2D eigenvalue weighted by molar-refractivity contribution is -0.122. The van der Waals surface area contributed by atoms with E-state index in [0.29, 0.717) is 28.7 Å². The number of nitrogens with zero attached hydrogens (tertiary/aromatic N) is 3. The number of halogens is 2. The SMILES string of the molecule is Cn1c(N)c(C(=O)CN2CCCCC2C(=O)Nc2ccc(Cl)c(Cl)c2)c(=O)n(C)c1=O. The lowest BCUT2D eigenvalue weighted by Gasteiger charge is -2.34. The number of nitrogens with one attached hydrogen (secondary N) is 1. The molecule has 9 nitrogen and oxygen atoms in total. The summed E-state index contributed by atoms with van der Waals surface area (Å²) in [6.45, 7) is 0.342. The van der Waals surface area contributed by atoms with Crippen LogP contribution in [0.1, 0.15) is 29.6 Å². The number of nitrogens with two attached hydrogens (primary N) is 1. The average Bonchev–Trinajstić information content (AvgIpc) is 2.74. The molecule has 1 aromatic heterocycles. The van der Waals surface area contributed by atoms with Crippen molar-refractivity contribution in [3.8, 4) is 0 Å². The van der Waals surface area contributed by atoms with E-state index in [1.807, 2.05) is 0 Å². The number of amides is 1. The van der Waals surface area contributed by atoms with Gasteiger partial charge in [0, 0.05) is 19.8 Å². The van der Waals surface area contributed by atoms with Crippen molar-refractivity contribution < 1.29 is 9.59 Å². The molecule has 1 saturated heterocycles. The zero-order valence-electron chi connectivity index (χ0n) is 17.2. The number of hydrogen-bond donors (Lipinski definition) is 2. The second kappa shape index (κ2) is 9.25. The first-order valence-corrected chi connectivity index (χ1v) is 10.5. The van der Waals surface area contributed by atoms with Crippen LogP contribution in [0.3, 0.4) is 0 Å². The zero-order valence-corrected chi connectivity index (χ0v) is 18.7. The standard InChI is InChI=1S/C20H23Cl2N5O4/c1-25-17(23)16(19(30)26(2)20(25)31)15(28)10-27-8-4-3-5-14(27)18(29)24-11-6-7-12(21)13(22)9-11/h6-7,9,14H,3-5,8,10,23H2,1-2H3,(H,24,29). The van der Waals surface area contributed by atoms with E-state index >= 15 is 0 Å². The first-order chi connectivity index (χ1) is 14.6. The third-order valence-corrected chi connectivity index (χ3v) is 6.18. The molecule has 166 valence electrons. The molecule has 3 N–H and O–H groups in total. The number of Topliss-reactive ketones (excluding diaryl/α,β-unsaturated/α-hetero) is 1. The van der Waals surface area contributed by atoms with E-state index in [1.165, 1.54) is 14.1 Å². The first-order valence-electron chi connectivity index (χ1n) is 9.70. The van der Waals surface area contributed by atoms with Gasteiger partial charge in [-0.3, -0.25) is 28.4 Å². The van der Waals surface area contributed by atoms with Crippen LogP contribution in [-0.2, 0) is 18.9 Å². The number of aromatic nitrogens is 2. The van der Waals surface area contributed by atoms with Crippen molar-refractivity contribution in [2.24, 2.45) is 14.1 Å². The predicted octanol–water partition coefficient (Wildman–Crippen LogP) is 1.65. The molecule has 31 heavy (non-hydrogen) atoms. The molecule has 11 heteroatoms. The molecule has 1 aromatic carbocycles. The van der Waals surface area contributed by atoms with Gasteiger partial charge in [0.1, 0.15) is 11.4 Å². The van der Waals surface area contributed by atoms with E-state index in [-0.39, 0.29) is 23.8 Å². The molecule has 0 bridgehead atoms. The molecule has 3 rings (SSSR count). The number of likely N-dealkylation sites (tertiary alicyclic amines) is 1. The number of hydrogen-bond acceptors (Lipinski definition) is 6. The molecule has 0 radical (unpaired) electrons. The average molecular weight is 468 g/mol. The maximum Gasteiger partial charge on any atom is 0.332 e. The summed E-state index contributed by atoms with van der Waals surface area (Å²) in [4.78, 5) is 52.1. The zero-order chi connectivity index (χ0) is 22.9. The summed E-state index contributed by atoms with van der Waals surface area (Å²) in [5.41, 5.74) is 4.77. The predicted molar refractivity (Wildman–Crippen MR) is 120 cm³/mol. The number of nitrogen functional groups attached to an aromatic ring is 1. The van der Waals surface area contributed by atoms with Gasteiger partial charge in [-0.15, -0.1) is 0 Å². The number of carbonyl (C=O) groups is 2. The summed E-state index contributed by atoms with van der Waals surface area (Å²) in [5, 5.41) is 3.49. The lowest BCUT2D eigenvalue weighted by atomic mass is 10.00. The van der Waals surface area contributed by atoms with Crippen LogP contribution in [0.4, 0.5) is 11.5 Å². The fraction of sp³-hybridized carbons (Fsp3) is 0.400. The number of anilines is 2. The van der Waals surface area contributed by atoms with Gasteiger partial charge in [0.2, 0.25) is 5.91 Å². The fourth-order valence-corrected chi connectivity index (χ4v) is 3.96. The van der Waals surface area contributed by atoms with Crippen molar-refractivity contribution in [3.05, 3.63) is 54.6 Å². The van der Waals surface area contributed by atoms with Crippen molar-refractivity contribution in [1.82, 2.24) is 14.0 Å². The molecule has 1 aliphatic rings. The monoisotopic (exact) mass is 467 g/mol. The third-order valence-electron chi connectivity index (χ3n) is 5.44. The molecule has 2 aromatic rings. The van der Waals surface area contributed by atoms with Gasteiger partial charge in [0.15, 0.2) is 5.78 Å². The summed E-state index contributed by atoms with van der Waals surface area (Å²) in [7, 11) is 2.68. The number of benzene rings is 1. The van der Waals surface area contributed by atoms with Crippen LogP contribution in [0.25, 0.3) is 0 Å². The second-order valence-electron chi connectivity index (χ2n) is 7.49. The van der Waals surface area contributed by atoms with E-state index in [0.717, 1.165) is 22.0 Å². The normalized spacial score (nSPS) is 16.8. The smallest absolute Gasteiger partial charge is 0.332 e. The minimum atomic E-state index is -0.751. The Bertz CT molecular complexity index is 1160. The van der Waals surface area contributed by atoms with Crippen LogP contribution in [0.15, 0.2) is 27.8 Å². The minimum absolute atomic E-state index is 0.170. The van der Waals surface area contributed by atoms with E-state index < -0.39 is 23.1 Å². The van der Waals surface area contributed by atoms with Crippen LogP contribution >= 0.6 is 23.2 Å². The van der Waals surface area contributed by atoms with Gasteiger partial charge in [-0.25, -0.2) is 4.79 Å². The minimum Gasteiger partial charge on any atom is -0.384 e. The van der Waals surface area contributed by atoms with Gasteiger partial charge in [-0.2, -0.15) is 0 Å². The number of ketones is 1. The largest absolute Gasteiger partial charge is 0.384 e. The molecule has 0 aliphatic carbocycles. The number of piperidine rings is 1. The summed E-state index contributed by atoms with van der Waals surface area (Å²) in [6, 6.07) is 4.21. The van der Waals surface area contributed by atoms with Crippen LogP contribution in [-0.4, -0.2) is 44.9 Å². The summed E-state index contributed by atoms with van der Waals surface area (Å²) in [6.07, 6.45) is 2.19. The van der Waals surface area contributed by atoms with Crippen molar-refractivity contribution in [2.45, 2.75) is 25.3 Å². The van der Waals surface area contributed by atoms with Crippen molar-refractivity contribution in [3.63, 3.8) is 0 Å². The molecule has 1 amide bonds. The highest BCUT2D eigenvalue weighted by atomic mass is 35.5. The molecule has 2 heterocycles. The molecule has 1 atom stereocenters. The van der Waals surface area contributed by atoms with Gasteiger partial charge in [-0.1, -0.05) is 29.6 Å². The highest BCUT2D eigenvalue weighted by molar-refractivity contribution is 6.42. The summed E-state index contributed by atoms with van der Waals surface area (Å²) >= 11 is 11.9. The fourth-order valence-electron chi connectivity index (χ4n) is 3.66. The van der Waals surface area contributed by atoms with E-state index in [9.17, 15) is 19.2 Å². The topological polar surface area (TPSA) is 119 Å². The third kappa shape index (κ3) is 4.68. The lowest BCUT2D eigenvalue weighted by Crippen LogP contribution is -2.50. The molecular weight excluding hydrogens is 445 g/mol. The van der Waals surface area contributed by atoms with Crippen LogP contribution in [0.5, 0.6) is 0 Å². The first kappa shape index (κ1) is 23.1. The Morgan fingerprint density at radius 2 is 1.84 bits per heavy atom. The quantitative estimate of drug-likeness (QED) is 0.645. The van der Waals surface area contributed by atoms with Crippen LogP contribution in [0.2, 0.25) is 10.0 Å². The van der Waals surface area contributed by atoms with E-state index in [2.05, 4.69) is 5.32 Å². The Morgan fingerprint density at radius 1 is 1.13 bits per heavy atom. The van der Waals surface area contributed by atoms with Crippen molar-refractivity contribution in [1.29, 1.82) is 0 Å². The summed E-state index contributed by atoms with van der Waals surface area (Å²) in [5.74, 6) is -1.01. The molecule has 1 aliphatic heterocycles. The Morgan fingerprint density at radius 3 is 2.52 bits per heavy atom. The van der Waals surface area contributed by atoms with E-state index in [1.54, 1.807) is 23.1 Å². The number of carbonyl (C=O) groups excluding carboxylic acids is 2. The van der Waals surface area contributed by atoms with Crippen molar-refractivity contribution >= 4 is 46.4 Å². The van der Waals surface area contributed by atoms with Gasteiger partial charge < -0.3 is 11.1 Å². The van der Waals surface area contributed by atoms with Crippen LogP contribution < -0.4 is 22.3 Å². The maximum absolute atomic E-state index is 13.0. The highest BCUT2D eigenvalue weighted by Gasteiger charge is 2.32.